The van der Waals surface area contributed by atoms with Crippen LogP contribution in [0.2, 0.25) is 0 Å². The number of nitrogens with one attached hydrogen (secondary N) is 1. The maximum Gasteiger partial charge on any atom is 0.255 e. The number of thioether (sulfide) groups is 1. The van der Waals surface area contributed by atoms with E-state index in [0.29, 0.717) is 6.54 Å². The molecular formula is C25H30N4OS. The molecule has 3 heterocycles. The quantitative estimate of drug-likeness (QED) is 0.585. The molecule has 0 saturated carbocycles. The van der Waals surface area contributed by atoms with Gasteiger partial charge in [0.15, 0.2) is 0 Å². The monoisotopic (exact) mass is 434 g/mol. The minimum atomic E-state index is -0.159. The van der Waals surface area contributed by atoms with Gasteiger partial charge >= 0.3 is 0 Å². The highest BCUT2D eigenvalue weighted by molar-refractivity contribution is 7.99. The van der Waals surface area contributed by atoms with Crippen molar-refractivity contribution in [3.8, 4) is 11.3 Å². The molecule has 0 amide bonds. The van der Waals surface area contributed by atoms with Gasteiger partial charge in [-0.05, 0) is 29.5 Å². The van der Waals surface area contributed by atoms with Crippen LogP contribution in [0.3, 0.4) is 0 Å². The number of aromatic amines is 1. The maximum absolute atomic E-state index is 12.7. The van der Waals surface area contributed by atoms with Crippen molar-refractivity contribution >= 4 is 11.8 Å². The predicted octanol–water partition coefficient (Wildman–Crippen LogP) is 4.80. The van der Waals surface area contributed by atoms with Crippen LogP contribution in [-0.4, -0.2) is 32.1 Å². The second kappa shape index (κ2) is 8.97. The summed E-state index contributed by atoms with van der Waals surface area (Å²) in [5.41, 5.74) is 4.85. The fourth-order valence-corrected chi connectivity index (χ4v) is 4.47. The van der Waals surface area contributed by atoms with E-state index in [1.165, 1.54) is 4.90 Å². The Morgan fingerprint density at radius 1 is 1.13 bits per heavy atom. The van der Waals surface area contributed by atoms with Gasteiger partial charge in [0.05, 0.1) is 17.0 Å². The molecule has 3 aromatic rings. The van der Waals surface area contributed by atoms with E-state index in [1.807, 2.05) is 18.0 Å². The molecule has 0 spiro atoms. The summed E-state index contributed by atoms with van der Waals surface area (Å²) in [5, 5.41) is 0. The van der Waals surface area contributed by atoms with Crippen LogP contribution in [0.25, 0.3) is 11.3 Å². The Kier molecular flexibility index (Phi) is 6.30. The van der Waals surface area contributed by atoms with Crippen molar-refractivity contribution in [1.82, 2.24) is 19.9 Å². The van der Waals surface area contributed by atoms with Gasteiger partial charge in [-0.15, -0.1) is 11.8 Å². The number of pyridine rings is 1. The van der Waals surface area contributed by atoms with Crippen molar-refractivity contribution in [3.05, 3.63) is 75.6 Å². The fraction of sp³-hybridized carbons (Fsp3) is 0.400. The van der Waals surface area contributed by atoms with Gasteiger partial charge in [-0.3, -0.25) is 14.7 Å². The summed E-state index contributed by atoms with van der Waals surface area (Å²) in [4.78, 5) is 28.7. The number of nitrogens with zero attached hydrogens (tertiary/aromatic N) is 3. The zero-order valence-electron chi connectivity index (χ0n) is 18.7. The molecule has 2 aromatic heterocycles. The normalized spacial score (nSPS) is 14.5. The van der Waals surface area contributed by atoms with Gasteiger partial charge in [-0.25, -0.2) is 4.98 Å². The Labute approximate surface area is 188 Å². The molecule has 1 aliphatic rings. The third kappa shape index (κ3) is 5.08. The Bertz CT molecular complexity index is 1100. The van der Waals surface area contributed by atoms with E-state index in [0.717, 1.165) is 59.2 Å². The van der Waals surface area contributed by atoms with Crippen molar-refractivity contribution in [1.29, 1.82) is 0 Å². The van der Waals surface area contributed by atoms with Crippen molar-refractivity contribution in [2.24, 2.45) is 0 Å². The van der Waals surface area contributed by atoms with Crippen LogP contribution < -0.4 is 5.56 Å². The van der Waals surface area contributed by atoms with Gasteiger partial charge < -0.3 is 4.98 Å². The number of aromatic nitrogens is 3. The number of hydrogen-bond donors (Lipinski definition) is 1. The lowest BCUT2D eigenvalue weighted by Crippen LogP contribution is -2.37. The summed E-state index contributed by atoms with van der Waals surface area (Å²) in [6, 6.07) is 12.8. The van der Waals surface area contributed by atoms with Crippen molar-refractivity contribution < 1.29 is 0 Å². The molecule has 0 unspecified atom stereocenters. The Morgan fingerprint density at radius 2 is 1.90 bits per heavy atom. The van der Waals surface area contributed by atoms with Crippen molar-refractivity contribution in [3.63, 3.8) is 0 Å². The number of rotatable bonds is 5. The molecule has 4 rings (SSSR count). The largest absolute Gasteiger partial charge is 0.310 e. The van der Waals surface area contributed by atoms with Gasteiger partial charge in [0.2, 0.25) is 0 Å². The zero-order valence-corrected chi connectivity index (χ0v) is 19.6. The average Bonchev–Trinajstić information content (AvgIpc) is 2.75. The standard InChI is InChI=1S/C25H30N4OS/c1-5-31-19-9-7-18(8-10-19)21-11-6-17(14-26-21)15-29-13-12-22-20(16-29)23(30)28-24(27-22)25(2,3)4/h6-11,14H,5,12-13,15-16H2,1-4H3,(H,27,28,30). The maximum atomic E-state index is 12.7. The topological polar surface area (TPSA) is 61.9 Å². The van der Waals surface area contributed by atoms with Crippen LogP contribution in [0.4, 0.5) is 0 Å². The minimum Gasteiger partial charge on any atom is -0.310 e. The number of fused-ring (bicyclic) bond motifs is 1. The lowest BCUT2D eigenvalue weighted by Gasteiger charge is -2.28. The van der Waals surface area contributed by atoms with Gasteiger partial charge in [-0.2, -0.15) is 0 Å². The van der Waals surface area contributed by atoms with E-state index in [2.05, 4.69) is 79.0 Å². The van der Waals surface area contributed by atoms with E-state index < -0.39 is 0 Å². The average molecular weight is 435 g/mol. The van der Waals surface area contributed by atoms with Gasteiger partial charge in [-0.1, -0.05) is 45.9 Å². The first kappa shape index (κ1) is 21.8. The first-order chi connectivity index (χ1) is 14.8. The minimum absolute atomic E-state index is 0.00205. The molecule has 0 aliphatic carbocycles. The van der Waals surface area contributed by atoms with Crippen LogP contribution in [-0.2, 0) is 24.9 Å². The summed E-state index contributed by atoms with van der Waals surface area (Å²) >= 11 is 1.84. The Balaban J connectivity index is 1.44. The van der Waals surface area contributed by atoms with Gasteiger partial charge in [0.1, 0.15) is 5.82 Å². The third-order valence-corrected chi connectivity index (χ3v) is 6.44. The molecule has 1 N–H and O–H groups in total. The summed E-state index contributed by atoms with van der Waals surface area (Å²) in [7, 11) is 0. The number of benzene rings is 1. The van der Waals surface area contributed by atoms with E-state index in [9.17, 15) is 4.79 Å². The molecule has 5 nitrogen and oxygen atoms in total. The smallest absolute Gasteiger partial charge is 0.255 e. The van der Waals surface area contributed by atoms with Crippen LogP contribution >= 0.6 is 11.8 Å². The molecule has 0 bridgehead atoms. The zero-order chi connectivity index (χ0) is 22.0. The van der Waals surface area contributed by atoms with E-state index in [1.54, 1.807) is 0 Å². The molecule has 0 fully saturated rings. The summed E-state index contributed by atoms with van der Waals surface area (Å²) in [6.45, 7) is 10.7. The highest BCUT2D eigenvalue weighted by Gasteiger charge is 2.24. The molecule has 6 heteroatoms. The van der Waals surface area contributed by atoms with Crippen LogP contribution in [0, 0.1) is 0 Å². The highest BCUT2D eigenvalue weighted by atomic mass is 32.2. The van der Waals surface area contributed by atoms with Crippen LogP contribution in [0.1, 0.15) is 50.3 Å². The second-order valence-corrected chi connectivity index (χ2v) is 10.4. The Morgan fingerprint density at radius 3 is 2.55 bits per heavy atom. The first-order valence-corrected chi connectivity index (χ1v) is 11.8. The van der Waals surface area contributed by atoms with Gasteiger partial charge in [0.25, 0.3) is 5.56 Å². The molecule has 1 aromatic carbocycles. The summed E-state index contributed by atoms with van der Waals surface area (Å²) in [6.07, 6.45) is 2.75. The molecule has 0 radical (unpaired) electrons. The van der Waals surface area contributed by atoms with Crippen molar-refractivity contribution in [2.45, 2.75) is 57.5 Å². The van der Waals surface area contributed by atoms with Crippen LogP contribution in [0.15, 0.2) is 52.3 Å². The lowest BCUT2D eigenvalue weighted by molar-refractivity contribution is 0.240. The number of H-pyrrole nitrogens is 1. The second-order valence-electron chi connectivity index (χ2n) is 9.06. The van der Waals surface area contributed by atoms with Crippen LogP contribution in [0.5, 0.6) is 0 Å². The number of hydrogen-bond acceptors (Lipinski definition) is 5. The highest BCUT2D eigenvalue weighted by Crippen LogP contribution is 2.24. The fourth-order valence-electron chi connectivity index (χ4n) is 3.81. The molecule has 162 valence electrons. The lowest BCUT2D eigenvalue weighted by atomic mass is 9.95. The molecule has 0 saturated heterocycles. The molecule has 0 atom stereocenters. The van der Waals surface area contributed by atoms with Gasteiger partial charge in [0, 0.05) is 48.1 Å². The summed E-state index contributed by atoms with van der Waals surface area (Å²) < 4.78 is 0. The molecular weight excluding hydrogens is 404 g/mol. The summed E-state index contributed by atoms with van der Waals surface area (Å²) in [5.74, 6) is 1.85. The van der Waals surface area contributed by atoms with E-state index in [-0.39, 0.29) is 11.0 Å². The SMILES string of the molecule is CCSc1ccc(-c2ccc(CN3CCc4nc(C(C)(C)C)[nH]c(=O)c4C3)cn2)cc1. The predicted molar refractivity (Wildman–Crippen MR) is 127 cm³/mol. The molecule has 31 heavy (non-hydrogen) atoms. The molecule has 1 aliphatic heterocycles. The first-order valence-electron chi connectivity index (χ1n) is 10.9. The van der Waals surface area contributed by atoms with Crippen molar-refractivity contribution in [2.75, 3.05) is 12.3 Å². The van der Waals surface area contributed by atoms with E-state index >= 15 is 0 Å². The third-order valence-electron chi connectivity index (χ3n) is 5.55. The van der Waals surface area contributed by atoms with E-state index in [4.69, 9.17) is 4.98 Å². The Hall–Kier alpha value is -2.44.